The SMILES string of the molecule is CC(=O)NC1(c2ccccc2)CCN(C[C@H]2C[C@]2(C(=O)NCCc2ccccc2)c2ccc(Cl)c(Cl)c2)CC1. The molecule has 204 valence electrons. The molecular formula is C32H35Cl2N3O2. The van der Waals surface area contributed by atoms with Crippen LogP contribution >= 0.6 is 23.2 Å². The van der Waals surface area contributed by atoms with Gasteiger partial charge in [0.1, 0.15) is 0 Å². The molecule has 2 N–H and O–H groups in total. The van der Waals surface area contributed by atoms with E-state index in [0.717, 1.165) is 56.4 Å². The van der Waals surface area contributed by atoms with Crippen molar-refractivity contribution in [3.63, 3.8) is 0 Å². The molecule has 0 spiro atoms. The maximum absolute atomic E-state index is 13.7. The standard InChI is InChI=1S/C32H35Cl2N3O2/c1-23(38)36-31(25-10-6-3-7-11-25)15-18-37(19-16-31)22-27-21-32(27,26-12-13-28(33)29(34)20-26)30(39)35-17-14-24-8-4-2-5-9-24/h2-13,20,27H,14-19,21-22H2,1H3,(H,35,39)(H,36,38)/t27-,32+/m1/s1. The van der Waals surface area contributed by atoms with Crippen LogP contribution in [0.25, 0.3) is 0 Å². The first-order chi connectivity index (χ1) is 18.8. The molecule has 1 aliphatic carbocycles. The van der Waals surface area contributed by atoms with Gasteiger partial charge in [0.05, 0.1) is 21.0 Å². The fraction of sp³-hybridized carbons (Fsp3) is 0.375. The van der Waals surface area contributed by atoms with Crippen LogP contribution in [0.5, 0.6) is 0 Å². The Balaban J connectivity index is 1.28. The molecule has 0 unspecified atom stereocenters. The third-order valence-electron chi connectivity index (χ3n) is 8.42. The van der Waals surface area contributed by atoms with Gasteiger partial charge in [-0.25, -0.2) is 0 Å². The average Bonchev–Trinajstić information content (AvgIpc) is 3.67. The number of amides is 2. The Labute approximate surface area is 240 Å². The summed E-state index contributed by atoms with van der Waals surface area (Å²) < 4.78 is 0. The Morgan fingerprint density at radius 3 is 2.21 bits per heavy atom. The second kappa shape index (κ2) is 11.7. The van der Waals surface area contributed by atoms with Gasteiger partial charge in [-0.3, -0.25) is 9.59 Å². The first-order valence-corrected chi connectivity index (χ1v) is 14.4. The molecule has 3 aromatic carbocycles. The number of hydrogen-bond donors (Lipinski definition) is 2. The van der Waals surface area contributed by atoms with Crippen LogP contribution in [0.15, 0.2) is 78.9 Å². The van der Waals surface area contributed by atoms with Gasteiger partial charge in [-0.2, -0.15) is 0 Å². The molecule has 1 aliphatic heterocycles. The minimum absolute atomic E-state index is 0.0136. The van der Waals surface area contributed by atoms with Crippen molar-refractivity contribution in [3.8, 4) is 0 Å². The van der Waals surface area contributed by atoms with Gasteiger partial charge in [0.25, 0.3) is 0 Å². The van der Waals surface area contributed by atoms with E-state index in [1.165, 1.54) is 5.56 Å². The number of rotatable bonds is 9. The van der Waals surface area contributed by atoms with E-state index in [2.05, 4.69) is 39.8 Å². The number of halogens is 2. The monoisotopic (exact) mass is 563 g/mol. The summed E-state index contributed by atoms with van der Waals surface area (Å²) in [5.74, 6) is 0.215. The highest BCUT2D eigenvalue weighted by atomic mass is 35.5. The predicted octanol–water partition coefficient (Wildman–Crippen LogP) is 5.74. The second-order valence-electron chi connectivity index (χ2n) is 10.9. The summed E-state index contributed by atoms with van der Waals surface area (Å²) in [6, 6.07) is 26.0. The highest BCUT2D eigenvalue weighted by Crippen LogP contribution is 2.56. The zero-order valence-electron chi connectivity index (χ0n) is 22.3. The molecule has 5 nitrogen and oxygen atoms in total. The molecule has 2 atom stereocenters. The minimum atomic E-state index is -0.615. The summed E-state index contributed by atoms with van der Waals surface area (Å²) in [5, 5.41) is 7.42. The molecule has 0 radical (unpaired) electrons. The van der Waals surface area contributed by atoms with Crippen molar-refractivity contribution in [2.45, 2.75) is 43.6 Å². The number of likely N-dealkylation sites (tertiary alicyclic amines) is 1. The maximum atomic E-state index is 13.7. The number of piperidine rings is 1. The molecule has 2 amide bonds. The fourth-order valence-corrected chi connectivity index (χ4v) is 6.52. The van der Waals surface area contributed by atoms with Crippen LogP contribution < -0.4 is 10.6 Å². The van der Waals surface area contributed by atoms with Crippen LogP contribution in [0.4, 0.5) is 0 Å². The lowest BCUT2D eigenvalue weighted by Crippen LogP contribution is -2.53. The van der Waals surface area contributed by atoms with Gasteiger partial charge >= 0.3 is 0 Å². The lowest BCUT2D eigenvalue weighted by Gasteiger charge is -2.43. The average molecular weight is 565 g/mol. The number of nitrogens with one attached hydrogen (secondary N) is 2. The van der Waals surface area contributed by atoms with Crippen LogP contribution in [0.1, 0.15) is 42.9 Å². The molecular weight excluding hydrogens is 529 g/mol. The Morgan fingerprint density at radius 1 is 0.897 bits per heavy atom. The van der Waals surface area contributed by atoms with E-state index < -0.39 is 5.41 Å². The Bertz CT molecular complexity index is 1310. The molecule has 7 heteroatoms. The second-order valence-corrected chi connectivity index (χ2v) is 11.7. The summed E-state index contributed by atoms with van der Waals surface area (Å²) in [6.45, 7) is 4.68. The lowest BCUT2D eigenvalue weighted by atomic mass is 9.80. The zero-order valence-corrected chi connectivity index (χ0v) is 23.8. The molecule has 3 aromatic rings. The number of nitrogens with zero attached hydrogens (tertiary/aromatic N) is 1. The topological polar surface area (TPSA) is 61.4 Å². The van der Waals surface area contributed by atoms with Crippen LogP contribution in [-0.4, -0.2) is 42.9 Å². The number of carbonyl (C=O) groups is 2. The molecule has 0 aromatic heterocycles. The van der Waals surface area contributed by atoms with Gasteiger partial charge in [0, 0.05) is 33.1 Å². The van der Waals surface area contributed by atoms with Crippen LogP contribution in [0.3, 0.4) is 0 Å². The summed E-state index contributed by atoms with van der Waals surface area (Å²) in [4.78, 5) is 28.3. The number of benzene rings is 3. The lowest BCUT2D eigenvalue weighted by molar-refractivity contribution is -0.124. The molecule has 2 fully saturated rings. The summed E-state index contributed by atoms with van der Waals surface area (Å²) in [5.41, 5.74) is 2.30. The van der Waals surface area contributed by atoms with E-state index in [-0.39, 0.29) is 23.3 Å². The predicted molar refractivity (Wildman–Crippen MR) is 157 cm³/mol. The third-order valence-corrected chi connectivity index (χ3v) is 9.16. The zero-order chi connectivity index (χ0) is 27.5. The van der Waals surface area contributed by atoms with Crippen molar-refractivity contribution in [1.29, 1.82) is 0 Å². The van der Waals surface area contributed by atoms with E-state index >= 15 is 0 Å². The van der Waals surface area contributed by atoms with E-state index in [1.807, 2.05) is 48.5 Å². The number of hydrogen-bond acceptors (Lipinski definition) is 3. The van der Waals surface area contributed by atoms with Crippen LogP contribution in [-0.2, 0) is 27.0 Å². The van der Waals surface area contributed by atoms with E-state index in [4.69, 9.17) is 23.2 Å². The fourth-order valence-electron chi connectivity index (χ4n) is 6.22. The Kier molecular flexibility index (Phi) is 8.32. The molecule has 2 aliphatic rings. The van der Waals surface area contributed by atoms with E-state index in [1.54, 1.807) is 13.0 Å². The molecule has 1 heterocycles. The normalized spacial score (nSPS) is 22.2. The summed E-state index contributed by atoms with van der Waals surface area (Å²) in [6.07, 6.45) is 3.21. The van der Waals surface area contributed by atoms with E-state index in [0.29, 0.717) is 16.6 Å². The largest absolute Gasteiger partial charge is 0.355 e. The molecule has 1 saturated carbocycles. The van der Waals surface area contributed by atoms with Gasteiger partial charge in [0.2, 0.25) is 11.8 Å². The van der Waals surface area contributed by atoms with Crippen molar-refractivity contribution in [2.75, 3.05) is 26.2 Å². The first kappa shape index (κ1) is 27.7. The Hall–Kier alpha value is -2.86. The highest BCUT2D eigenvalue weighted by Gasteiger charge is 2.61. The van der Waals surface area contributed by atoms with Crippen LogP contribution in [0, 0.1) is 5.92 Å². The quantitative estimate of drug-likeness (QED) is 0.349. The first-order valence-electron chi connectivity index (χ1n) is 13.7. The van der Waals surface area contributed by atoms with Crippen molar-refractivity contribution < 1.29 is 9.59 Å². The van der Waals surface area contributed by atoms with Crippen molar-refractivity contribution in [1.82, 2.24) is 15.5 Å². The van der Waals surface area contributed by atoms with Crippen molar-refractivity contribution in [2.24, 2.45) is 5.92 Å². The summed E-state index contributed by atoms with van der Waals surface area (Å²) >= 11 is 12.6. The van der Waals surface area contributed by atoms with Crippen molar-refractivity contribution >= 4 is 35.0 Å². The number of carbonyl (C=O) groups excluding carboxylic acids is 2. The third kappa shape index (κ3) is 6.01. The molecule has 1 saturated heterocycles. The van der Waals surface area contributed by atoms with Crippen LogP contribution in [0.2, 0.25) is 10.0 Å². The van der Waals surface area contributed by atoms with Gasteiger partial charge in [0.15, 0.2) is 0 Å². The smallest absolute Gasteiger partial charge is 0.231 e. The van der Waals surface area contributed by atoms with Crippen molar-refractivity contribution in [3.05, 3.63) is 106 Å². The molecule has 0 bridgehead atoms. The molecule has 39 heavy (non-hydrogen) atoms. The highest BCUT2D eigenvalue weighted by molar-refractivity contribution is 6.42. The van der Waals surface area contributed by atoms with Gasteiger partial charge < -0.3 is 15.5 Å². The van der Waals surface area contributed by atoms with E-state index in [9.17, 15) is 9.59 Å². The maximum Gasteiger partial charge on any atom is 0.231 e. The summed E-state index contributed by atoms with van der Waals surface area (Å²) in [7, 11) is 0. The van der Waals surface area contributed by atoms with Gasteiger partial charge in [-0.05, 0) is 60.4 Å². The van der Waals surface area contributed by atoms with Gasteiger partial charge in [-0.15, -0.1) is 0 Å². The molecule has 5 rings (SSSR count). The van der Waals surface area contributed by atoms with Gasteiger partial charge in [-0.1, -0.05) is 89.9 Å². The minimum Gasteiger partial charge on any atom is -0.355 e. The Morgan fingerprint density at radius 2 is 1.56 bits per heavy atom.